The Kier molecular flexibility index (Phi) is 3.91. The molecule has 88 valence electrons. The topological polar surface area (TPSA) is 64.9 Å². The summed E-state index contributed by atoms with van der Waals surface area (Å²) in [4.78, 5) is 4.52. The number of pyridine rings is 1. The molecule has 0 spiro atoms. The van der Waals surface area contributed by atoms with Crippen LogP contribution in [-0.2, 0) is 6.42 Å². The van der Waals surface area contributed by atoms with Crippen molar-refractivity contribution in [2.45, 2.75) is 44.1 Å². The van der Waals surface area contributed by atoms with Crippen LogP contribution >= 0.6 is 0 Å². The highest BCUT2D eigenvalue weighted by Gasteiger charge is 2.26. The van der Waals surface area contributed by atoms with E-state index in [4.69, 9.17) is 11.5 Å². The molecule has 0 amide bonds. The van der Waals surface area contributed by atoms with E-state index in [0.717, 1.165) is 25.8 Å². The van der Waals surface area contributed by atoms with E-state index in [1.165, 1.54) is 24.1 Å². The van der Waals surface area contributed by atoms with E-state index in [1.54, 1.807) is 0 Å². The first-order chi connectivity index (χ1) is 7.83. The van der Waals surface area contributed by atoms with Gasteiger partial charge in [-0.2, -0.15) is 0 Å². The third-order valence-corrected chi connectivity index (χ3v) is 3.50. The van der Waals surface area contributed by atoms with E-state index >= 15 is 0 Å². The molecule has 3 nitrogen and oxygen atoms in total. The number of rotatable bonds is 4. The van der Waals surface area contributed by atoms with Crippen molar-refractivity contribution >= 4 is 0 Å². The molecule has 1 aromatic heterocycles. The van der Waals surface area contributed by atoms with Gasteiger partial charge in [0.25, 0.3) is 0 Å². The van der Waals surface area contributed by atoms with Crippen LogP contribution in [0.4, 0.5) is 0 Å². The molecule has 0 radical (unpaired) electrons. The molecule has 3 heteroatoms. The molecule has 1 aliphatic rings. The van der Waals surface area contributed by atoms with Crippen LogP contribution in [0.2, 0.25) is 0 Å². The normalized spacial score (nSPS) is 21.5. The van der Waals surface area contributed by atoms with Gasteiger partial charge in [0.1, 0.15) is 0 Å². The average molecular weight is 219 g/mol. The van der Waals surface area contributed by atoms with Crippen LogP contribution in [0, 0.1) is 0 Å². The zero-order valence-electron chi connectivity index (χ0n) is 9.73. The van der Waals surface area contributed by atoms with Gasteiger partial charge in [-0.1, -0.05) is 6.07 Å². The Labute approximate surface area is 97.2 Å². The molecule has 0 saturated heterocycles. The van der Waals surface area contributed by atoms with Gasteiger partial charge in [0.05, 0.1) is 0 Å². The SMILES string of the molecule is NCCC[C@H](N)C1CCCc2cccnc21. The maximum atomic E-state index is 6.25. The Morgan fingerprint density at radius 1 is 1.50 bits per heavy atom. The van der Waals surface area contributed by atoms with Crippen LogP contribution in [0.15, 0.2) is 18.3 Å². The highest BCUT2D eigenvalue weighted by Crippen LogP contribution is 2.32. The summed E-state index contributed by atoms with van der Waals surface area (Å²) in [5.41, 5.74) is 14.4. The van der Waals surface area contributed by atoms with Crippen molar-refractivity contribution in [3.05, 3.63) is 29.6 Å². The first kappa shape index (κ1) is 11.6. The van der Waals surface area contributed by atoms with E-state index in [9.17, 15) is 0 Å². The molecule has 4 N–H and O–H groups in total. The molecule has 0 fully saturated rings. The summed E-state index contributed by atoms with van der Waals surface area (Å²) in [6.07, 6.45) is 7.47. The van der Waals surface area contributed by atoms with Gasteiger partial charge in [-0.05, 0) is 50.3 Å². The molecule has 0 bridgehead atoms. The van der Waals surface area contributed by atoms with Gasteiger partial charge in [0, 0.05) is 23.9 Å². The van der Waals surface area contributed by atoms with Crippen molar-refractivity contribution in [2.75, 3.05) is 6.54 Å². The summed E-state index contributed by atoms with van der Waals surface area (Å²) < 4.78 is 0. The lowest BCUT2D eigenvalue weighted by molar-refractivity contribution is 0.426. The monoisotopic (exact) mass is 219 g/mol. The van der Waals surface area contributed by atoms with Crippen molar-refractivity contribution in [2.24, 2.45) is 11.5 Å². The quantitative estimate of drug-likeness (QED) is 0.808. The van der Waals surface area contributed by atoms with Gasteiger partial charge in [-0.15, -0.1) is 0 Å². The van der Waals surface area contributed by atoms with Crippen LogP contribution in [0.3, 0.4) is 0 Å². The summed E-state index contributed by atoms with van der Waals surface area (Å²) in [5.74, 6) is 0.441. The predicted molar refractivity (Wildman–Crippen MR) is 66.2 cm³/mol. The Balaban J connectivity index is 2.12. The molecule has 16 heavy (non-hydrogen) atoms. The van der Waals surface area contributed by atoms with E-state index < -0.39 is 0 Å². The maximum absolute atomic E-state index is 6.25. The van der Waals surface area contributed by atoms with E-state index in [2.05, 4.69) is 11.1 Å². The molecule has 1 aliphatic carbocycles. The summed E-state index contributed by atoms with van der Waals surface area (Å²) >= 11 is 0. The number of aromatic nitrogens is 1. The lowest BCUT2D eigenvalue weighted by Gasteiger charge is -2.29. The second-order valence-electron chi connectivity index (χ2n) is 4.64. The predicted octanol–water partition coefficient (Wildman–Crippen LogP) is 1.57. The molecule has 1 heterocycles. The molecule has 0 aliphatic heterocycles. The van der Waals surface area contributed by atoms with Crippen molar-refractivity contribution in [3.8, 4) is 0 Å². The number of hydrogen-bond donors (Lipinski definition) is 2. The zero-order chi connectivity index (χ0) is 11.4. The number of nitrogens with zero attached hydrogens (tertiary/aromatic N) is 1. The Bertz CT molecular complexity index is 338. The van der Waals surface area contributed by atoms with E-state index in [1.807, 2.05) is 12.3 Å². The van der Waals surface area contributed by atoms with Gasteiger partial charge in [0.2, 0.25) is 0 Å². The fourth-order valence-corrected chi connectivity index (χ4v) is 2.62. The van der Waals surface area contributed by atoms with Gasteiger partial charge in [-0.3, -0.25) is 4.98 Å². The molecular weight excluding hydrogens is 198 g/mol. The highest BCUT2D eigenvalue weighted by atomic mass is 14.7. The van der Waals surface area contributed by atoms with Gasteiger partial charge >= 0.3 is 0 Å². The van der Waals surface area contributed by atoms with E-state index in [0.29, 0.717) is 5.92 Å². The number of hydrogen-bond acceptors (Lipinski definition) is 3. The molecular formula is C13H21N3. The minimum atomic E-state index is 0.220. The Morgan fingerprint density at radius 2 is 2.38 bits per heavy atom. The second-order valence-corrected chi connectivity index (χ2v) is 4.64. The van der Waals surface area contributed by atoms with Crippen LogP contribution in [0.1, 0.15) is 42.9 Å². The summed E-state index contributed by atoms with van der Waals surface area (Å²) in [7, 11) is 0. The van der Waals surface area contributed by atoms with Crippen LogP contribution < -0.4 is 11.5 Å². The van der Waals surface area contributed by atoms with E-state index in [-0.39, 0.29) is 6.04 Å². The summed E-state index contributed by atoms with van der Waals surface area (Å²) in [6.45, 7) is 0.732. The standard InChI is InChI=1S/C13H21N3/c14-8-2-7-12(15)11-6-1-4-10-5-3-9-16-13(10)11/h3,5,9,11-12H,1-2,4,6-8,14-15H2/t11?,12-/m0/s1. The Hall–Kier alpha value is -0.930. The lowest BCUT2D eigenvalue weighted by Crippen LogP contribution is -2.32. The van der Waals surface area contributed by atoms with Gasteiger partial charge < -0.3 is 11.5 Å². The number of nitrogens with two attached hydrogens (primary N) is 2. The molecule has 2 atom stereocenters. The van der Waals surface area contributed by atoms with Gasteiger partial charge in [-0.25, -0.2) is 0 Å². The fourth-order valence-electron chi connectivity index (χ4n) is 2.62. The molecule has 1 unspecified atom stereocenters. The first-order valence-electron chi connectivity index (χ1n) is 6.22. The Morgan fingerprint density at radius 3 is 3.19 bits per heavy atom. The minimum Gasteiger partial charge on any atom is -0.330 e. The largest absolute Gasteiger partial charge is 0.330 e. The van der Waals surface area contributed by atoms with Crippen molar-refractivity contribution in [1.82, 2.24) is 4.98 Å². The van der Waals surface area contributed by atoms with Crippen molar-refractivity contribution in [1.29, 1.82) is 0 Å². The van der Waals surface area contributed by atoms with Crippen molar-refractivity contribution < 1.29 is 0 Å². The molecule has 2 rings (SSSR count). The fraction of sp³-hybridized carbons (Fsp3) is 0.615. The maximum Gasteiger partial charge on any atom is 0.0481 e. The minimum absolute atomic E-state index is 0.220. The smallest absolute Gasteiger partial charge is 0.0481 e. The number of fused-ring (bicyclic) bond motifs is 1. The second kappa shape index (κ2) is 5.41. The average Bonchev–Trinajstić information content (AvgIpc) is 2.35. The van der Waals surface area contributed by atoms with Gasteiger partial charge in [0.15, 0.2) is 0 Å². The zero-order valence-corrected chi connectivity index (χ0v) is 9.73. The van der Waals surface area contributed by atoms with Crippen LogP contribution in [-0.4, -0.2) is 17.6 Å². The molecule has 0 saturated carbocycles. The molecule has 0 aromatic carbocycles. The first-order valence-corrected chi connectivity index (χ1v) is 6.22. The summed E-state index contributed by atoms with van der Waals surface area (Å²) in [6, 6.07) is 4.43. The molecule has 1 aromatic rings. The third kappa shape index (κ3) is 2.42. The summed E-state index contributed by atoms with van der Waals surface area (Å²) in [5, 5.41) is 0. The lowest BCUT2D eigenvalue weighted by atomic mass is 9.81. The van der Waals surface area contributed by atoms with Crippen molar-refractivity contribution in [3.63, 3.8) is 0 Å². The highest BCUT2D eigenvalue weighted by molar-refractivity contribution is 5.27. The van der Waals surface area contributed by atoms with Crippen LogP contribution in [0.5, 0.6) is 0 Å². The third-order valence-electron chi connectivity index (χ3n) is 3.50. The van der Waals surface area contributed by atoms with Crippen LogP contribution in [0.25, 0.3) is 0 Å². The number of aryl methyl sites for hydroxylation is 1.